The van der Waals surface area contributed by atoms with Crippen LogP contribution in [0.3, 0.4) is 0 Å². The van der Waals surface area contributed by atoms with Gasteiger partial charge in [0.25, 0.3) is 0 Å². The molecule has 0 saturated carbocycles. The summed E-state index contributed by atoms with van der Waals surface area (Å²) >= 11 is 0. The summed E-state index contributed by atoms with van der Waals surface area (Å²) in [5.74, 6) is -0.690. The molecule has 5 nitrogen and oxygen atoms in total. The Labute approximate surface area is 108 Å². The smallest absolute Gasteiger partial charge is 0.338 e. The third-order valence-electron chi connectivity index (χ3n) is 2.86. The Hall–Kier alpha value is -2.69. The molecular weight excluding hydrogens is 244 g/mol. The van der Waals surface area contributed by atoms with Crippen LogP contribution in [0.1, 0.15) is 15.9 Å². The highest BCUT2D eigenvalue weighted by Gasteiger charge is 2.16. The van der Waals surface area contributed by atoms with Gasteiger partial charge in [-0.1, -0.05) is 12.1 Å². The number of carbonyl (C=O) groups is 1. The van der Waals surface area contributed by atoms with Gasteiger partial charge in [-0.2, -0.15) is 0 Å². The van der Waals surface area contributed by atoms with Crippen LogP contribution in [0.25, 0.3) is 22.7 Å². The number of carboxylic acids is 1. The van der Waals surface area contributed by atoms with E-state index >= 15 is 0 Å². The molecule has 0 fully saturated rings. The number of hydrogen-bond donors (Lipinski definition) is 1. The first-order valence-corrected chi connectivity index (χ1v) is 5.71. The predicted octanol–water partition coefficient (Wildman–Crippen LogP) is 2.90. The van der Waals surface area contributed by atoms with E-state index in [1.54, 1.807) is 18.3 Å². The van der Waals surface area contributed by atoms with Gasteiger partial charge in [0.05, 0.1) is 5.56 Å². The Kier molecular flexibility index (Phi) is 2.52. The number of oxazole rings is 1. The van der Waals surface area contributed by atoms with E-state index in [0.717, 1.165) is 5.56 Å². The Morgan fingerprint density at radius 3 is 2.84 bits per heavy atom. The predicted molar refractivity (Wildman–Crippen MR) is 68.9 cm³/mol. The van der Waals surface area contributed by atoms with E-state index in [4.69, 9.17) is 9.52 Å². The quantitative estimate of drug-likeness (QED) is 0.760. The van der Waals surface area contributed by atoms with Gasteiger partial charge in [0.15, 0.2) is 5.58 Å². The third-order valence-corrected chi connectivity index (χ3v) is 2.86. The van der Waals surface area contributed by atoms with Gasteiger partial charge in [-0.3, -0.25) is 4.98 Å². The van der Waals surface area contributed by atoms with Crippen LogP contribution in [-0.2, 0) is 0 Å². The number of benzene rings is 1. The fourth-order valence-electron chi connectivity index (χ4n) is 1.93. The number of nitrogens with zero attached hydrogens (tertiary/aromatic N) is 2. The van der Waals surface area contributed by atoms with Crippen molar-refractivity contribution in [1.29, 1.82) is 0 Å². The zero-order valence-electron chi connectivity index (χ0n) is 10.1. The van der Waals surface area contributed by atoms with Crippen molar-refractivity contribution in [2.45, 2.75) is 6.92 Å². The van der Waals surface area contributed by atoms with Crippen LogP contribution in [0.4, 0.5) is 0 Å². The van der Waals surface area contributed by atoms with Gasteiger partial charge in [0.2, 0.25) is 5.89 Å². The highest BCUT2D eigenvalue weighted by atomic mass is 16.4. The minimum absolute atomic E-state index is 0.126. The summed E-state index contributed by atoms with van der Waals surface area (Å²) in [5.41, 5.74) is 2.46. The second kappa shape index (κ2) is 4.20. The number of aryl methyl sites for hydroxylation is 1. The van der Waals surface area contributed by atoms with Crippen LogP contribution in [0.15, 0.2) is 40.9 Å². The Bertz CT molecular complexity index is 777. The maximum Gasteiger partial charge on any atom is 0.338 e. The summed E-state index contributed by atoms with van der Waals surface area (Å²) in [4.78, 5) is 19.6. The van der Waals surface area contributed by atoms with Crippen molar-refractivity contribution < 1.29 is 14.3 Å². The zero-order chi connectivity index (χ0) is 13.4. The van der Waals surface area contributed by atoms with Crippen molar-refractivity contribution >= 4 is 17.1 Å². The lowest BCUT2D eigenvalue weighted by Crippen LogP contribution is -1.96. The fraction of sp³-hybridized carbons (Fsp3) is 0.0714. The molecule has 3 rings (SSSR count). The molecule has 1 N–H and O–H groups in total. The molecule has 19 heavy (non-hydrogen) atoms. The van der Waals surface area contributed by atoms with Gasteiger partial charge >= 0.3 is 5.97 Å². The summed E-state index contributed by atoms with van der Waals surface area (Å²) in [5, 5.41) is 9.12. The van der Waals surface area contributed by atoms with Gasteiger partial charge in [-0.25, -0.2) is 9.78 Å². The van der Waals surface area contributed by atoms with E-state index in [1.807, 2.05) is 19.1 Å². The lowest BCUT2D eigenvalue weighted by Gasteiger charge is -1.97. The largest absolute Gasteiger partial charge is 0.478 e. The van der Waals surface area contributed by atoms with Crippen molar-refractivity contribution in [3.05, 3.63) is 47.7 Å². The van der Waals surface area contributed by atoms with Crippen molar-refractivity contribution in [3.63, 3.8) is 0 Å². The molecule has 3 aromatic rings. The van der Waals surface area contributed by atoms with Crippen LogP contribution in [0.5, 0.6) is 0 Å². The minimum atomic E-state index is -1.02. The lowest BCUT2D eigenvalue weighted by molar-refractivity contribution is 0.0699. The normalized spacial score (nSPS) is 10.8. The van der Waals surface area contributed by atoms with Crippen molar-refractivity contribution in [3.8, 4) is 11.6 Å². The Morgan fingerprint density at radius 2 is 2.11 bits per heavy atom. The molecule has 0 saturated heterocycles. The molecule has 0 unspecified atom stereocenters. The summed E-state index contributed by atoms with van der Waals surface area (Å²) in [7, 11) is 0. The maximum absolute atomic E-state index is 11.1. The fourth-order valence-corrected chi connectivity index (χ4v) is 1.93. The maximum atomic E-state index is 11.1. The SMILES string of the molecule is Cc1cccnc1-c1nc2c(C(=O)O)cccc2o1. The van der Waals surface area contributed by atoms with Crippen LogP contribution >= 0.6 is 0 Å². The second-order valence-electron chi connectivity index (χ2n) is 4.15. The standard InChI is InChI=1S/C14H10N2O3/c1-8-4-3-7-15-11(8)13-16-12-9(14(17)18)5-2-6-10(12)19-13/h2-7H,1H3,(H,17,18). The minimum Gasteiger partial charge on any atom is -0.478 e. The monoisotopic (exact) mass is 254 g/mol. The van der Waals surface area contributed by atoms with Crippen molar-refractivity contribution in [2.75, 3.05) is 0 Å². The van der Waals surface area contributed by atoms with Gasteiger partial charge < -0.3 is 9.52 Å². The molecule has 0 aliphatic carbocycles. The molecule has 0 amide bonds. The molecule has 0 aliphatic heterocycles. The molecule has 0 atom stereocenters. The first-order valence-electron chi connectivity index (χ1n) is 5.71. The molecule has 94 valence electrons. The molecular formula is C14H10N2O3. The molecule has 2 aromatic heterocycles. The Morgan fingerprint density at radius 1 is 1.26 bits per heavy atom. The number of para-hydroxylation sites is 1. The van der Waals surface area contributed by atoms with Gasteiger partial charge in [-0.15, -0.1) is 0 Å². The molecule has 0 bridgehead atoms. The summed E-state index contributed by atoms with van der Waals surface area (Å²) in [6.45, 7) is 1.90. The average molecular weight is 254 g/mol. The molecule has 0 radical (unpaired) electrons. The number of rotatable bonds is 2. The number of aromatic nitrogens is 2. The number of fused-ring (bicyclic) bond motifs is 1. The second-order valence-corrected chi connectivity index (χ2v) is 4.15. The number of aromatic carboxylic acids is 1. The van der Waals surface area contributed by atoms with E-state index < -0.39 is 5.97 Å². The van der Waals surface area contributed by atoms with Crippen LogP contribution in [0.2, 0.25) is 0 Å². The average Bonchev–Trinajstić information content (AvgIpc) is 2.82. The number of carboxylic acid groups (broad SMARTS) is 1. The van der Waals surface area contributed by atoms with Gasteiger partial charge in [-0.05, 0) is 30.7 Å². The van der Waals surface area contributed by atoms with E-state index in [0.29, 0.717) is 22.7 Å². The third kappa shape index (κ3) is 1.85. The summed E-state index contributed by atoms with van der Waals surface area (Å²) < 4.78 is 5.59. The highest BCUT2D eigenvalue weighted by Crippen LogP contribution is 2.26. The Balaban J connectivity index is 2.26. The lowest BCUT2D eigenvalue weighted by atomic mass is 10.2. The number of hydrogen-bond acceptors (Lipinski definition) is 4. The van der Waals surface area contributed by atoms with E-state index in [2.05, 4.69) is 9.97 Å². The highest BCUT2D eigenvalue weighted by molar-refractivity contribution is 6.00. The van der Waals surface area contributed by atoms with E-state index in [1.165, 1.54) is 6.07 Å². The van der Waals surface area contributed by atoms with E-state index in [9.17, 15) is 4.79 Å². The molecule has 5 heteroatoms. The summed E-state index contributed by atoms with van der Waals surface area (Å²) in [6, 6.07) is 8.55. The topological polar surface area (TPSA) is 76.2 Å². The number of pyridine rings is 1. The van der Waals surface area contributed by atoms with Crippen molar-refractivity contribution in [2.24, 2.45) is 0 Å². The zero-order valence-corrected chi connectivity index (χ0v) is 10.1. The molecule has 1 aromatic carbocycles. The van der Waals surface area contributed by atoms with Crippen molar-refractivity contribution in [1.82, 2.24) is 9.97 Å². The molecule has 0 aliphatic rings. The summed E-state index contributed by atoms with van der Waals surface area (Å²) in [6.07, 6.45) is 1.65. The van der Waals surface area contributed by atoms with Crippen LogP contribution < -0.4 is 0 Å². The van der Waals surface area contributed by atoms with Gasteiger partial charge in [0, 0.05) is 6.20 Å². The van der Waals surface area contributed by atoms with E-state index in [-0.39, 0.29) is 5.56 Å². The first kappa shape index (κ1) is 11.4. The van der Waals surface area contributed by atoms with Gasteiger partial charge in [0.1, 0.15) is 11.2 Å². The molecule has 0 spiro atoms. The van der Waals surface area contributed by atoms with Crippen LogP contribution in [-0.4, -0.2) is 21.0 Å². The first-order chi connectivity index (χ1) is 9.16. The molecule has 2 heterocycles. The van der Waals surface area contributed by atoms with Crippen LogP contribution in [0, 0.1) is 6.92 Å².